The molecule has 2 unspecified atom stereocenters. The number of nitrogens with zero attached hydrogens (tertiary/aromatic N) is 1. The minimum atomic E-state index is -0.0999. The average molecular weight is 257 g/mol. The van der Waals surface area contributed by atoms with E-state index in [1.807, 2.05) is 0 Å². The molecule has 0 bridgehead atoms. The second kappa shape index (κ2) is 6.35. The van der Waals surface area contributed by atoms with Crippen LogP contribution in [0.15, 0.2) is 18.3 Å². The monoisotopic (exact) mass is 257 g/mol. The molecule has 0 radical (unpaired) electrons. The maximum absolute atomic E-state index is 12.0. The smallest absolute Gasteiger partial charge is 0.270 e. The summed E-state index contributed by atoms with van der Waals surface area (Å²) in [6.45, 7) is 2.50. The van der Waals surface area contributed by atoms with Gasteiger partial charge in [-0.25, -0.2) is 4.98 Å². The average Bonchev–Trinajstić information content (AvgIpc) is 2.82. The Balaban J connectivity index is 1.99. The molecule has 2 rings (SSSR count). The Morgan fingerprint density at radius 2 is 2.37 bits per heavy atom. The van der Waals surface area contributed by atoms with E-state index in [1.165, 1.54) is 12.8 Å². The first-order valence-corrected chi connectivity index (χ1v) is 6.66. The molecule has 1 heterocycles. The number of nitrogens with two attached hydrogens (primary N) is 1. The van der Waals surface area contributed by atoms with Crippen LogP contribution in [0.3, 0.4) is 0 Å². The third-order valence-electron chi connectivity index (χ3n) is 3.51. The molecular weight excluding hydrogens is 238 g/mol. The first-order chi connectivity index (χ1) is 9.20. The Labute approximate surface area is 113 Å². The van der Waals surface area contributed by atoms with Gasteiger partial charge in [0.25, 0.3) is 5.91 Å². The number of nitrogens with one attached hydrogen (secondary N) is 1. The topological polar surface area (TPSA) is 68.0 Å². The highest BCUT2D eigenvalue weighted by Gasteiger charge is 2.25. The number of carbonyl (C=O) groups is 1. The number of hydrogen-bond donors (Lipinski definition) is 2. The van der Waals surface area contributed by atoms with E-state index in [1.54, 1.807) is 18.3 Å². The molecule has 1 amide bonds. The van der Waals surface area contributed by atoms with Gasteiger partial charge in [0.1, 0.15) is 5.69 Å². The third kappa shape index (κ3) is 3.55. The van der Waals surface area contributed by atoms with E-state index < -0.39 is 0 Å². The van der Waals surface area contributed by atoms with Crippen LogP contribution in [0.1, 0.15) is 42.2 Å². The van der Waals surface area contributed by atoms with Crippen LogP contribution >= 0.6 is 0 Å². The molecule has 0 aromatic carbocycles. The summed E-state index contributed by atoms with van der Waals surface area (Å²) in [4.78, 5) is 16.2. The Bertz CT molecular complexity index is 498. The molecule has 1 aliphatic carbocycles. The van der Waals surface area contributed by atoms with E-state index in [0.717, 1.165) is 12.0 Å². The molecule has 4 heteroatoms. The minimum absolute atomic E-state index is 0.0999. The molecule has 1 aromatic heterocycles. The molecule has 3 N–H and O–H groups in total. The number of pyridine rings is 1. The van der Waals surface area contributed by atoms with Gasteiger partial charge in [-0.15, -0.1) is 0 Å². The van der Waals surface area contributed by atoms with Crippen molar-refractivity contribution >= 4 is 5.91 Å². The highest BCUT2D eigenvalue weighted by Crippen LogP contribution is 2.24. The van der Waals surface area contributed by atoms with Gasteiger partial charge in [-0.1, -0.05) is 25.2 Å². The van der Waals surface area contributed by atoms with Gasteiger partial charge in [0.05, 0.1) is 6.54 Å². The summed E-state index contributed by atoms with van der Waals surface area (Å²) in [7, 11) is 0. The van der Waals surface area contributed by atoms with Crippen LogP contribution in [-0.4, -0.2) is 23.5 Å². The van der Waals surface area contributed by atoms with Crippen molar-refractivity contribution in [1.82, 2.24) is 10.3 Å². The van der Waals surface area contributed by atoms with Crippen molar-refractivity contribution in [3.8, 4) is 11.8 Å². The molecule has 100 valence electrons. The minimum Gasteiger partial charge on any atom is -0.348 e. The summed E-state index contributed by atoms with van der Waals surface area (Å²) in [5, 5.41) is 3.05. The molecule has 2 atom stereocenters. The highest BCUT2D eigenvalue weighted by molar-refractivity contribution is 5.92. The first kappa shape index (κ1) is 13.6. The highest BCUT2D eigenvalue weighted by atomic mass is 16.1. The standard InChI is InChI=1S/C15H19N3O/c1-11-4-2-6-13(11)18-15(19)14-8-7-12(10-17-14)5-3-9-16/h7-8,10-11,13H,2,4,6,9,16H2,1H3,(H,18,19). The van der Waals surface area contributed by atoms with Gasteiger partial charge in [-0.05, 0) is 30.9 Å². The summed E-state index contributed by atoms with van der Waals surface area (Å²) in [6, 6.07) is 3.78. The predicted molar refractivity (Wildman–Crippen MR) is 74.4 cm³/mol. The van der Waals surface area contributed by atoms with E-state index in [9.17, 15) is 4.79 Å². The first-order valence-electron chi connectivity index (χ1n) is 6.66. The second-order valence-corrected chi connectivity index (χ2v) is 4.93. The van der Waals surface area contributed by atoms with E-state index in [2.05, 4.69) is 29.1 Å². The summed E-state index contributed by atoms with van der Waals surface area (Å²) in [6.07, 6.45) is 5.04. The Morgan fingerprint density at radius 3 is 2.95 bits per heavy atom. The van der Waals surface area contributed by atoms with Crippen molar-refractivity contribution < 1.29 is 4.79 Å². The van der Waals surface area contributed by atoms with E-state index in [4.69, 9.17) is 5.73 Å². The number of rotatable bonds is 2. The fourth-order valence-corrected chi connectivity index (χ4v) is 2.36. The lowest BCUT2D eigenvalue weighted by molar-refractivity contribution is 0.0924. The molecule has 1 aromatic rings. The molecule has 0 spiro atoms. The number of aromatic nitrogens is 1. The normalized spacial score (nSPS) is 21.6. The van der Waals surface area contributed by atoms with Gasteiger partial charge in [-0.3, -0.25) is 4.79 Å². The van der Waals surface area contributed by atoms with Crippen LogP contribution in [0.2, 0.25) is 0 Å². The summed E-state index contributed by atoms with van der Waals surface area (Å²) < 4.78 is 0. The maximum Gasteiger partial charge on any atom is 0.270 e. The molecule has 1 aliphatic rings. The van der Waals surface area contributed by atoms with Crippen LogP contribution < -0.4 is 11.1 Å². The van der Waals surface area contributed by atoms with Crippen LogP contribution in [0.25, 0.3) is 0 Å². The number of hydrogen-bond acceptors (Lipinski definition) is 3. The van der Waals surface area contributed by atoms with Crippen molar-refractivity contribution in [1.29, 1.82) is 0 Å². The molecule has 4 nitrogen and oxygen atoms in total. The molecule has 1 saturated carbocycles. The lowest BCUT2D eigenvalue weighted by Gasteiger charge is -2.16. The van der Waals surface area contributed by atoms with Gasteiger partial charge in [-0.2, -0.15) is 0 Å². The van der Waals surface area contributed by atoms with Gasteiger partial charge >= 0.3 is 0 Å². The van der Waals surface area contributed by atoms with Crippen molar-refractivity contribution in [2.24, 2.45) is 11.7 Å². The Hall–Kier alpha value is -1.86. The van der Waals surface area contributed by atoms with Crippen molar-refractivity contribution in [2.75, 3.05) is 6.54 Å². The molecule has 19 heavy (non-hydrogen) atoms. The number of amides is 1. The SMILES string of the molecule is CC1CCCC1NC(=O)c1ccc(C#CCN)cn1. The Morgan fingerprint density at radius 1 is 1.53 bits per heavy atom. The second-order valence-electron chi connectivity index (χ2n) is 4.93. The van der Waals surface area contributed by atoms with Crippen LogP contribution in [0, 0.1) is 17.8 Å². The number of carbonyl (C=O) groups excluding carboxylic acids is 1. The third-order valence-corrected chi connectivity index (χ3v) is 3.51. The van der Waals surface area contributed by atoms with Crippen molar-refractivity contribution in [3.63, 3.8) is 0 Å². The quantitative estimate of drug-likeness (QED) is 0.785. The lowest BCUT2D eigenvalue weighted by atomic mass is 10.1. The summed E-state index contributed by atoms with van der Waals surface area (Å²) in [5.74, 6) is 6.09. The van der Waals surface area contributed by atoms with Crippen molar-refractivity contribution in [3.05, 3.63) is 29.6 Å². The van der Waals surface area contributed by atoms with E-state index in [-0.39, 0.29) is 11.9 Å². The van der Waals surface area contributed by atoms with Crippen LogP contribution in [0.5, 0.6) is 0 Å². The zero-order valence-corrected chi connectivity index (χ0v) is 11.1. The van der Waals surface area contributed by atoms with Crippen LogP contribution in [0.4, 0.5) is 0 Å². The van der Waals surface area contributed by atoms with E-state index >= 15 is 0 Å². The zero-order chi connectivity index (χ0) is 13.7. The van der Waals surface area contributed by atoms with Gasteiger partial charge in [0.15, 0.2) is 0 Å². The van der Waals surface area contributed by atoms with Crippen molar-refractivity contribution in [2.45, 2.75) is 32.2 Å². The van der Waals surface area contributed by atoms with Gasteiger partial charge < -0.3 is 11.1 Å². The van der Waals surface area contributed by atoms with Gasteiger partial charge in [0, 0.05) is 17.8 Å². The van der Waals surface area contributed by atoms with E-state index in [0.29, 0.717) is 18.2 Å². The Kier molecular flexibility index (Phi) is 4.53. The summed E-state index contributed by atoms with van der Waals surface area (Å²) >= 11 is 0. The maximum atomic E-state index is 12.0. The lowest BCUT2D eigenvalue weighted by Crippen LogP contribution is -2.36. The fourth-order valence-electron chi connectivity index (χ4n) is 2.36. The van der Waals surface area contributed by atoms with Gasteiger partial charge in [0.2, 0.25) is 0 Å². The molecule has 0 aliphatic heterocycles. The largest absolute Gasteiger partial charge is 0.348 e. The van der Waals surface area contributed by atoms with Crippen LogP contribution in [-0.2, 0) is 0 Å². The summed E-state index contributed by atoms with van der Waals surface area (Å²) in [5.41, 5.74) is 6.52. The molecule has 0 saturated heterocycles. The predicted octanol–water partition coefficient (Wildman–Crippen LogP) is 1.31. The molecule has 1 fully saturated rings. The fraction of sp³-hybridized carbons (Fsp3) is 0.467. The molecular formula is C15H19N3O. The zero-order valence-electron chi connectivity index (χ0n) is 11.1.